The van der Waals surface area contributed by atoms with E-state index in [1.807, 2.05) is 44.5 Å². The van der Waals surface area contributed by atoms with E-state index in [1.165, 1.54) is 44.2 Å². The molecule has 0 saturated heterocycles. The van der Waals surface area contributed by atoms with Crippen molar-refractivity contribution in [2.75, 3.05) is 5.32 Å². The third-order valence-electron chi connectivity index (χ3n) is 6.35. The maximum Gasteiger partial charge on any atom is 0.333 e. The number of aliphatic hydroxyl groups excluding tert-OH is 2. The van der Waals surface area contributed by atoms with Crippen molar-refractivity contribution >= 4 is 70.9 Å². The van der Waals surface area contributed by atoms with Crippen molar-refractivity contribution < 1.29 is 31.8 Å². The molecule has 0 heterocycles. The molecule has 0 spiro atoms. The number of primary sulfonamides is 1. The predicted molar refractivity (Wildman–Crippen MR) is 177 cm³/mol. The van der Waals surface area contributed by atoms with Gasteiger partial charge in [-0.15, -0.1) is 0 Å². The Balaban J connectivity index is 0.000000402. The van der Waals surface area contributed by atoms with E-state index in [1.54, 1.807) is 6.07 Å². The first-order valence-electron chi connectivity index (χ1n) is 13.3. The number of rotatable bonds is 8. The number of nitrogens with one attached hydrogen (secondary N) is 2. The second-order valence-electron chi connectivity index (χ2n) is 10.6. The molecule has 3 rings (SSSR count). The van der Waals surface area contributed by atoms with Gasteiger partial charge in [-0.2, -0.15) is 0 Å². The SMILES string of the molecule is CC(C)c1cc(Br)cc(C(C)C)c1NC(=O)NS(=O)(=O)c1cc(C(C)O)ccc1Cl.CC(O)c1ccc(Cl)c(S(N)(=O)=O)c1. The van der Waals surface area contributed by atoms with Gasteiger partial charge in [0, 0.05) is 10.2 Å². The van der Waals surface area contributed by atoms with Gasteiger partial charge >= 0.3 is 6.03 Å². The van der Waals surface area contributed by atoms with Crippen LogP contribution in [0.1, 0.15) is 87.8 Å². The Hall–Kier alpha value is -2.23. The largest absolute Gasteiger partial charge is 0.389 e. The Kier molecular flexibility index (Phi) is 13.3. The first-order valence-corrected chi connectivity index (χ1v) is 17.9. The molecule has 0 aliphatic heterocycles. The summed E-state index contributed by atoms with van der Waals surface area (Å²) in [4.78, 5) is 12.2. The predicted octanol–water partition coefficient (Wildman–Crippen LogP) is 6.95. The lowest BCUT2D eigenvalue weighted by Crippen LogP contribution is -2.35. The van der Waals surface area contributed by atoms with Crippen LogP contribution in [0.4, 0.5) is 10.5 Å². The first-order chi connectivity index (χ1) is 20.1. The van der Waals surface area contributed by atoms with E-state index in [0.29, 0.717) is 16.8 Å². The van der Waals surface area contributed by atoms with Gasteiger partial charge in [-0.1, -0.05) is 79.0 Å². The molecule has 0 fully saturated rings. The van der Waals surface area contributed by atoms with Crippen molar-refractivity contribution in [1.82, 2.24) is 4.72 Å². The van der Waals surface area contributed by atoms with Crippen molar-refractivity contribution in [2.24, 2.45) is 5.14 Å². The van der Waals surface area contributed by atoms with Gasteiger partial charge in [-0.3, -0.25) is 0 Å². The van der Waals surface area contributed by atoms with Crippen LogP contribution < -0.4 is 15.2 Å². The summed E-state index contributed by atoms with van der Waals surface area (Å²) in [6.45, 7) is 11.0. The molecule has 15 heteroatoms. The monoisotopic (exact) mass is 751 g/mol. The minimum absolute atomic E-state index is 0.0471. The Morgan fingerprint density at radius 1 is 0.773 bits per heavy atom. The zero-order valence-corrected chi connectivity index (χ0v) is 29.6. The van der Waals surface area contributed by atoms with Crippen LogP contribution in [0.3, 0.4) is 0 Å². The molecule has 10 nitrogen and oxygen atoms in total. The van der Waals surface area contributed by atoms with Crippen LogP contribution in [0.5, 0.6) is 0 Å². The highest BCUT2D eigenvalue weighted by atomic mass is 79.9. The number of anilines is 1. The highest BCUT2D eigenvalue weighted by molar-refractivity contribution is 9.10. The van der Waals surface area contributed by atoms with Crippen LogP contribution in [0, 0.1) is 0 Å². The summed E-state index contributed by atoms with van der Waals surface area (Å²) in [7, 11) is -8.09. The van der Waals surface area contributed by atoms with Gasteiger partial charge < -0.3 is 15.5 Å². The molecule has 0 radical (unpaired) electrons. The van der Waals surface area contributed by atoms with Gasteiger partial charge in [0.05, 0.1) is 22.3 Å². The molecule has 2 unspecified atom stereocenters. The number of halogens is 3. The van der Waals surface area contributed by atoms with Crippen molar-refractivity contribution in [3.05, 3.63) is 85.3 Å². The summed E-state index contributed by atoms with van der Waals surface area (Å²) in [5.41, 5.74) is 3.18. The molecule has 242 valence electrons. The number of hydrogen-bond donors (Lipinski definition) is 5. The summed E-state index contributed by atoms with van der Waals surface area (Å²) < 4.78 is 50.5. The van der Waals surface area contributed by atoms with Gasteiger partial charge in [0.15, 0.2) is 0 Å². The lowest BCUT2D eigenvalue weighted by atomic mass is 9.93. The normalized spacial score (nSPS) is 13.2. The van der Waals surface area contributed by atoms with Crippen LogP contribution in [0.2, 0.25) is 10.0 Å². The van der Waals surface area contributed by atoms with Crippen LogP contribution in [0.25, 0.3) is 0 Å². The first kappa shape index (κ1) is 38.0. The number of amides is 2. The van der Waals surface area contributed by atoms with Crippen molar-refractivity contribution in [3.63, 3.8) is 0 Å². The van der Waals surface area contributed by atoms with Crippen LogP contribution in [0.15, 0.2) is 62.8 Å². The number of nitrogens with two attached hydrogens (primary N) is 1. The molecule has 0 aliphatic rings. The molecule has 0 bridgehead atoms. The number of carbonyl (C=O) groups excluding carboxylic acids is 1. The molecule has 3 aromatic carbocycles. The fourth-order valence-corrected chi connectivity index (χ4v) is 7.02. The fourth-order valence-electron chi connectivity index (χ4n) is 4.00. The molecule has 2 atom stereocenters. The van der Waals surface area contributed by atoms with Gasteiger partial charge in [0.2, 0.25) is 10.0 Å². The molecule has 44 heavy (non-hydrogen) atoms. The minimum atomic E-state index is -4.26. The highest BCUT2D eigenvalue weighted by Gasteiger charge is 2.24. The summed E-state index contributed by atoms with van der Waals surface area (Å²) in [5.74, 6) is 0.202. The van der Waals surface area contributed by atoms with Crippen molar-refractivity contribution in [3.8, 4) is 0 Å². The molecule has 2 amide bonds. The van der Waals surface area contributed by atoms with E-state index in [9.17, 15) is 31.8 Å². The number of carbonyl (C=O) groups is 1. The molecule has 0 aromatic heterocycles. The topological polar surface area (TPSA) is 176 Å². The lowest BCUT2D eigenvalue weighted by Gasteiger charge is -2.21. The van der Waals surface area contributed by atoms with Crippen molar-refractivity contribution in [2.45, 2.75) is 75.4 Å². The van der Waals surface area contributed by atoms with Crippen molar-refractivity contribution in [1.29, 1.82) is 0 Å². The second-order valence-corrected chi connectivity index (χ2v) is 15.5. The van der Waals surface area contributed by atoms with Gasteiger partial charge in [0.25, 0.3) is 10.0 Å². The maximum atomic E-state index is 12.8. The quantitative estimate of drug-likeness (QED) is 0.165. The number of urea groups is 1. The average Bonchev–Trinajstić information content (AvgIpc) is 2.88. The Morgan fingerprint density at radius 2 is 1.18 bits per heavy atom. The maximum absolute atomic E-state index is 12.8. The third kappa shape index (κ3) is 10.1. The third-order valence-corrected chi connectivity index (χ3v) is 10.0. The average molecular weight is 754 g/mol. The summed E-state index contributed by atoms with van der Waals surface area (Å²) in [6, 6.07) is 11.3. The lowest BCUT2D eigenvalue weighted by molar-refractivity contribution is 0.198. The standard InChI is InChI=1S/C21H26BrClN2O4S.C8H10ClNO3S/c1-11(2)16-9-15(22)10-17(12(3)4)20(16)24-21(27)25-30(28,29)19-8-14(13(5)26)6-7-18(19)23;1-5(11)6-2-3-7(9)8(4-6)14(10,12)13/h6-13,26H,1-5H3,(H2,24,25,27);2-5,11H,1H3,(H2,10,12,13). The van der Waals surface area contributed by atoms with E-state index in [-0.39, 0.29) is 31.7 Å². The van der Waals surface area contributed by atoms with E-state index in [0.717, 1.165) is 15.6 Å². The number of benzene rings is 3. The summed E-state index contributed by atoms with van der Waals surface area (Å²) in [5, 5.41) is 26.6. The number of hydrogen-bond acceptors (Lipinski definition) is 7. The summed E-state index contributed by atoms with van der Waals surface area (Å²) >= 11 is 15.2. The molecule has 3 aromatic rings. The number of aliphatic hydroxyl groups is 2. The fraction of sp³-hybridized carbons (Fsp3) is 0.345. The second kappa shape index (κ2) is 15.4. The van der Waals surface area contributed by atoms with Crippen LogP contribution >= 0.6 is 39.1 Å². The molecule has 0 saturated carbocycles. The Morgan fingerprint density at radius 3 is 1.57 bits per heavy atom. The van der Waals surface area contributed by atoms with Gasteiger partial charge in [-0.25, -0.2) is 31.5 Å². The van der Waals surface area contributed by atoms with Gasteiger partial charge in [0.1, 0.15) is 9.79 Å². The zero-order valence-electron chi connectivity index (χ0n) is 24.9. The highest BCUT2D eigenvalue weighted by Crippen LogP contribution is 2.36. The Labute approximate surface area is 277 Å². The van der Waals surface area contributed by atoms with Crippen LogP contribution in [-0.4, -0.2) is 33.1 Å². The smallest absolute Gasteiger partial charge is 0.333 e. The van der Waals surface area contributed by atoms with E-state index < -0.39 is 38.3 Å². The Bertz CT molecular complexity index is 1700. The van der Waals surface area contributed by atoms with E-state index in [4.69, 9.17) is 28.3 Å². The molecular weight excluding hydrogens is 717 g/mol. The van der Waals surface area contributed by atoms with Gasteiger partial charge in [-0.05, 0) is 84.3 Å². The van der Waals surface area contributed by atoms with E-state index >= 15 is 0 Å². The van der Waals surface area contributed by atoms with E-state index in [2.05, 4.69) is 21.2 Å². The number of sulfonamides is 2. The molecular formula is C29H36BrCl2N3O7S2. The summed E-state index contributed by atoms with van der Waals surface area (Å²) in [6.07, 6.45) is -1.64. The zero-order chi connectivity index (χ0) is 33.7. The molecule has 6 N–H and O–H groups in total. The molecule has 0 aliphatic carbocycles. The van der Waals surface area contributed by atoms with Crippen LogP contribution in [-0.2, 0) is 20.0 Å². The minimum Gasteiger partial charge on any atom is -0.389 e.